The third kappa shape index (κ3) is 3.57. The van der Waals surface area contributed by atoms with Crippen LogP contribution in [0.3, 0.4) is 0 Å². The summed E-state index contributed by atoms with van der Waals surface area (Å²) in [6.45, 7) is 0. The van der Waals surface area contributed by atoms with E-state index >= 15 is 0 Å². The Morgan fingerprint density at radius 1 is 1.46 bits per heavy atom. The lowest BCUT2D eigenvalue weighted by Crippen LogP contribution is -2.13. The van der Waals surface area contributed by atoms with Gasteiger partial charge in [-0.25, -0.2) is 0 Å². The smallest absolute Gasteiger partial charge is 0.226 e. The molecule has 1 rings (SSSR count). The molecule has 0 aliphatic heterocycles. The Morgan fingerprint density at radius 3 is 2.77 bits per heavy atom. The van der Waals surface area contributed by atoms with E-state index in [1.54, 1.807) is 12.1 Å². The van der Waals surface area contributed by atoms with Crippen LogP contribution in [0.25, 0.3) is 0 Å². The number of amides is 1. The number of rotatable bonds is 3. The highest BCUT2D eigenvalue weighted by Crippen LogP contribution is 2.06. The first-order valence-electron chi connectivity index (χ1n) is 3.57. The molecule has 0 aliphatic carbocycles. The zero-order chi connectivity index (χ0) is 9.68. The van der Waals surface area contributed by atoms with Crippen LogP contribution in [-0.4, -0.2) is 22.0 Å². The minimum absolute atomic E-state index is 0.188. The monoisotopic (exact) mass is 219 g/mol. The Hall–Kier alpha value is -0.870. The van der Waals surface area contributed by atoms with E-state index in [0.717, 1.165) is 0 Å². The van der Waals surface area contributed by atoms with Gasteiger partial charge in [-0.1, -0.05) is 11.6 Å². The fourth-order valence-electron chi connectivity index (χ4n) is 0.674. The number of carbonyl (C=O) groups excluding carboxylic acids is 1. The molecule has 0 radical (unpaired) electrons. The van der Waals surface area contributed by atoms with Gasteiger partial charge in [-0.05, 0) is 12.1 Å². The maximum Gasteiger partial charge on any atom is 0.226 e. The first-order valence-corrected chi connectivity index (χ1v) is 4.48. The van der Waals surface area contributed by atoms with Gasteiger partial charge in [0.1, 0.15) is 0 Å². The topological polar surface area (TPSA) is 54.9 Å². The summed E-state index contributed by atoms with van der Waals surface area (Å²) in [5.74, 6) is 0.471. The van der Waals surface area contributed by atoms with Gasteiger partial charge in [-0.3, -0.25) is 4.79 Å². The zero-order valence-corrected chi connectivity index (χ0v) is 8.14. The quantitative estimate of drug-likeness (QED) is 0.788. The fourth-order valence-corrected chi connectivity index (χ4v) is 0.946. The maximum atomic E-state index is 11.0. The molecule has 4 nitrogen and oxygen atoms in total. The molecule has 6 heteroatoms. The Kier molecular flexibility index (Phi) is 3.92. The molecule has 0 saturated carbocycles. The number of nitrogens with one attached hydrogen (secondary N) is 1. The molecule has 0 bridgehead atoms. The molecule has 0 aromatic carbocycles. The molecule has 13 heavy (non-hydrogen) atoms. The number of hydrogen-bond donors (Lipinski definition) is 1. The van der Waals surface area contributed by atoms with Crippen LogP contribution in [0.5, 0.6) is 0 Å². The lowest BCUT2D eigenvalue weighted by molar-refractivity contribution is -0.115. The average Bonchev–Trinajstić information content (AvgIpc) is 2.09. The molecule has 1 amide bonds. The summed E-state index contributed by atoms with van der Waals surface area (Å²) in [6.07, 6.45) is 0.256. The minimum atomic E-state index is -0.188. The van der Waals surface area contributed by atoms with Crippen molar-refractivity contribution in [3.63, 3.8) is 0 Å². The van der Waals surface area contributed by atoms with Crippen molar-refractivity contribution in [1.82, 2.24) is 10.2 Å². The molecule has 1 N–H and O–H groups in total. The Balaban J connectivity index is 2.54. The third-order valence-electron chi connectivity index (χ3n) is 1.22. The number of alkyl halides is 1. The summed E-state index contributed by atoms with van der Waals surface area (Å²) < 4.78 is 0. The van der Waals surface area contributed by atoms with Gasteiger partial charge in [-0.15, -0.1) is 21.8 Å². The van der Waals surface area contributed by atoms with Gasteiger partial charge >= 0.3 is 0 Å². The largest absolute Gasteiger partial charge is 0.309 e. The maximum absolute atomic E-state index is 11.0. The molecular weight excluding hydrogens is 213 g/mol. The molecule has 1 aromatic heterocycles. The van der Waals surface area contributed by atoms with Crippen molar-refractivity contribution in [3.05, 3.63) is 17.3 Å². The van der Waals surface area contributed by atoms with Crippen LogP contribution in [0.15, 0.2) is 12.1 Å². The number of anilines is 1. The van der Waals surface area contributed by atoms with Crippen molar-refractivity contribution < 1.29 is 4.79 Å². The van der Waals surface area contributed by atoms with Crippen molar-refractivity contribution in [2.45, 2.75) is 6.42 Å². The Morgan fingerprint density at radius 2 is 2.23 bits per heavy atom. The number of hydrogen-bond acceptors (Lipinski definition) is 3. The van der Waals surface area contributed by atoms with Crippen LogP contribution in [-0.2, 0) is 4.79 Å². The van der Waals surface area contributed by atoms with Gasteiger partial charge in [0.05, 0.1) is 0 Å². The van der Waals surface area contributed by atoms with E-state index in [1.165, 1.54) is 0 Å². The molecular formula is C7H7Cl2N3O. The molecule has 0 aliphatic rings. The van der Waals surface area contributed by atoms with Crippen molar-refractivity contribution in [3.8, 4) is 0 Å². The summed E-state index contributed by atoms with van der Waals surface area (Å²) in [4.78, 5) is 11.0. The van der Waals surface area contributed by atoms with Gasteiger partial charge in [-0.2, -0.15) is 0 Å². The second kappa shape index (κ2) is 4.99. The van der Waals surface area contributed by atoms with E-state index < -0.39 is 0 Å². The van der Waals surface area contributed by atoms with E-state index in [1.807, 2.05) is 0 Å². The van der Waals surface area contributed by atoms with Gasteiger partial charge in [0.15, 0.2) is 11.0 Å². The summed E-state index contributed by atoms with van der Waals surface area (Å²) in [7, 11) is 0. The molecule has 0 atom stereocenters. The molecule has 0 spiro atoms. The van der Waals surface area contributed by atoms with Crippen LogP contribution in [0, 0.1) is 0 Å². The summed E-state index contributed by atoms with van der Waals surface area (Å²) in [5.41, 5.74) is 0. The van der Waals surface area contributed by atoms with E-state index in [9.17, 15) is 4.79 Å². The number of nitrogens with zero attached hydrogens (tertiary/aromatic N) is 2. The van der Waals surface area contributed by atoms with E-state index in [4.69, 9.17) is 23.2 Å². The third-order valence-corrected chi connectivity index (χ3v) is 1.61. The number of aromatic nitrogens is 2. The van der Waals surface area contributed by atoms with Gasteiger partial charge in [0.25, 0.3) is 0 Å². The SMILES string of the molecule is O=C(CCCl)Nc1ccc(Cl)nn1. The highest BCUT2D eigenvalue weighted by atomic mass is 35.5. The van der Waals surface area contributed by atoms with Crippen molar-refractivity contribution in [1.29, 1.82) is 0 Å². The summed E-state index contributed by atoms with van der Waals surface area (Å²) in [5, 5.41) is 10.0. The van der Waals surface area contributed by atoms with Crippen LogP contribution < -0.4 is 5.32 Å². The highest BCUT2D eigenvalue weighted by molar-refractivity contribution is 6.29. The lowest BCUT2D eigenvalue weighted by atomic mass is 10.4. The van der Waals surface area contributed by atoms with Gasteiger partial charge in [0, 0.05) is 12.3 Å². The second-order valence-corrected chi connectivity index (χ2v) is 2.99. The van der Waals surface area contributed by atoms with Crippen molar-refractivity contribution >= 4 is 34.9 Å². The molecule has 0 fully saturated rings. The second-order valence-electron chi connectivity index (χ2n) is 2.23. The number of halogens is 2. The van der Waals surface area contributed by atoms with E-state index in [-0.39, 0.29) is 23.4 Å². The molecule has 0 saturated heterocycles. The summed E-state index contributed by atoms with van der Waals surface area (Å²) >= 11 is 10.9. The van der Waals surface area contributed by atoms with Crippen LogP contribution in [0.4, 0.5) is 5.82 Å². The predicted octanol–water partition coefficient (Wildman–Crippen LogP) is 1.70. The van der Waals surface area contributed by atoms with E-state index in [0.29, 0.717) is 5.82 Å². The first-order chi connectivity index (χ1) is 6.22. The van der Waals surface area contributed by atoms with Crippen molar-refractivity contribution in [2.75, 3.05) is 11.2 Å². The zero-order valence-electron chi connectivity index (χ0n) is 6.63. The van der Waals surface area contributed by atoms with Gasteiger partial charge in [0.2, 0.25) is 5.91 Å². The molecule has 1 heterocycles. The predicted molar refractivity (Wildman–Crippen MR) is 51.0 cm³/mol. The fraction of sp³-hybridized carbons (Fsp3) is 0.286. The Bertz CT molecular complexity index is 288. The summed E-state index contributed by atoms with van der Waals surface area (Å²) in [6, 6.07) is 3.12. The Labute approximate surface area is 85.3 Å². The minimum Gasteiger partial charge on any atom is -0.309 e. The van der Waals surface area contributed by atoms with Gasteiger partial charge < -0.3 is 5.32 Å². The van der Waals surface area contributed by atoms with Crippen LogP contribution in [0.2, 0.25) is 5.15 Å². The molecule has 1 aromatic rings. The first kappa shape index (κ1) is 10.2. The lowest BCUT2D eigenvalue weighted by Gasteiger charge is -2.00. The van der Waals surface area contributed by atoms with E-state index in [2.05, 4.69) is 15.5 Å². The van der Waals surface area contributed by atoms with Crippen LogP contribution in [0.1, 0.15) is 6.42 Å². The van der Waals surface area contributed by atoms with Crippen LogP contribution >= 0.6 is 23.2 Å². The highest BCUT2D eigenvalue weighted by Gasteiger charge is 2.01. The van der Waals surface area contributed by atoms with Crippen molar-refractivity contribution in [2.24, 2.45) is 0 Å². The standard InChI is InChI=1S/C7H7Cl2N3O/c8-4-3-7(13)10-6-2-1-5(9)11-12-6/h1-2H,3-4H2,(H,10,12,13). The number of carbonyl (C=O) groups is 1. The normalized spacial score (nSPS) is 9.69. The average molecular weight is 220 g/mol. The molecule has 70 valence electrons. The molecule has 0 unspecified atom stereocenters.